The molecule has 6 heteroatoms. The molecule has 1 saturated carbocycles. The molecule has 0 unspecified atom stereocenters. The van der Waals surface area contributed by atoms with Crippen molar-refractivity contribution in [3.05, 3.63) is 96.1 Å². The molecule has 1 fully saturated rings. The van der Waals surface area contributed by atoms with Crippen LogP contribution in [0.3, 0.4) is 0 Å². The third kappa shape index (κ3) is 9.24. The fraction of sp³-hybridized carbons (Fsp3) is 0.500. The summed E-state index contributed by atoms with van der Waals surface area (Å²) in [6.07, 6.45) is 16.8. The van der Waals surface area contributed by atoms with Crippen molar-refractivity contribution in [3.8, 4) is 11.5 Å². The number of phenols is 2. The monoisotopic (exact) mass is 839 g/mol. The minimum Gasteiger partial charge on any atom is -0.507 e. The first-order valence-electron chi connectivity index (χ1n) is 24.6. The van der Waals surface area contributed by atoms with Crippen molar-refractivity contribution in [1.82, 2.24) is 0 Å². The second kappa shape index (κ2) is 21.7. The molecule has 0 atom stereocenters. The second-order valence-corrected chi connectivity index (χ2v) is 18.3. The molecule has 6 aromatic rings. The van der Waals surface area contributed by atoms with Gasteiger partial charge in [0.05, 0.1) is 23.6 Å². The number of rotatable bonds is 24. The van der Waals surface area contributed by atoms with Gasteiger partial charge in [0, 0.05) is 70.3 Å². The van der Waals surface area contributed by atoms with Gasteiger partial charge in [0.1, 0.15) is 11.5 Å². The quantitative estimate of drug-likeness (QED) is 0.0359. The highest BCUT2D eigenvalue weighted by atomic mass is 16.3. The van der Waals surface area contributed by atoms with Gasteiger partial charge in [-0.2, -0.15) is 0 Å². The van der Waals surface area contributed by atoms with Crippen LogP contribution in [0.25, 0.3) is 43.1 Å². The molecule has 6 nitrogen and oxygen atoms in total. The molecule has 4 N–H and O–H groups in total. The average molecular weight is 839 g/mol. The van der Waals surface area contributed by atoms with Gasteiger partial charge in [-0.3, -0.25) is 0 Å². The number of nitrogens with zero attached hydrogens (tertiary/aromatic N) is 2. The van der Waals surface area contributed by atoms with E-state index in [9.17, 15) is 20.4 Å². The Kier molecular flexibility index (Phi) is 15.9. The highest BCUT2D eigenvalue weighted by Gasteiger charge is 2.53. The van der Waals surface area contributed by atoms with Crippen LogP contribution in [0.4, 0.5) is 11.4 Å². The van der Waals surface area contributed by atoms with Gasteiger partial charge in [-0.05, 0) is 59.7 Å². The van der Waals surface area contributed by atoms with Crippen molar-refractivity contribution >= 4 is 54.5 Å². The second-order valence-electron chi connectivity index (χ2n) is 18.3. The number of anilines is 2. The Bertz CT molecular complexity index is 2190. The topological polar surface area (TPSA) is 87.4 Å². The van der Waals surface area contributed by atoms with Gasteiger partial charge < -0.3 is 30.2 Å². The lowest BCUT2D eigenvalue weighted by Gasteiger charge is -2.48. The van der Waals surface area contributed by atoms with Crippen LogP contribution in [0.15, 0.2) is 84.9 Å². The van der Waals surface area contributed by atoms with Gasteiger partial charge in [0.25, 0.3) is 0 Å². The maximum atomic E-state index is 12.7. The van der Waals surface area contributed by atoms with E-state index in [1.165, 1.54) is 77.0 Å². The van der Waals surface area contributed by atoms with E-state index >= 15 is 0 Å². The predicted molar refractivity (Wildman–Crippen MR) is 265 cm³/mol. The zero-order valence-electron chi connectivity index (χ0n) is 38.2. The Morgan fingerprint density at radius 3 is 1.00 bits per heavy atom. The molecular formula is C56H74N2O4. The SMILES string of the molecule is CCCCCCN(CCCCCC)c1c2ccccc2c(C2C(O)C(c3c4ccccc4c(N(CCCCCC)CCCCCC)c4cccc(O)c34)C2O)c2c(O)cccc12. The number of unbranched alkanes of at least 4 members (excludes halogenated alkanes) is 12. The molecule has 0 bridgehead atoms. The van der Waals surface area contributed by atoms with Crippen molar-refractivity contribution in [1.29, 1.82) is 0 Å². The Hall–Kier alpha value is -4.52. The van der Waals surface area contributed by atoms with Crippen LogP contribution < -0.4 is 9.80 Å². The number of aliphatic hydroxyl groups is 2. The first-order chi connectivity index (χ1) is 30.4. The third-order valence-electron chi connectivity index (χ3n) is 14.0. The number of fused-ring (bicyclic) bond motifs is 4. The van der Waals surface area contributed by atoms with E-state index in [1.807, 2.05) is 24.3 Å². The molecule has 1 aliphatic rings. The van der Waals surface area contributed by atoms with E-state index in [0.29, 0.717) is 10.8 Å². The molecule has 62 heavy (non-hydrogen) atoms. The Morgan fingerprint density at radius 1 is 0.371 bits per heavy atom. The highest BCUT2D eigenvalue weighted by molar-refractivity contribution is 6.18. The van der Waals surface area contributed by atoms with Gasteiger partial charge in [0.15, 0.2) is 0 Å². The fourth-order valence-corrected chi connectivity index (χ4v) is 10.8. The minimum atomic E-state index is -0.975. The van der Waals surface area contributed by atoms with E-state index in [4.69, 9.17) is 0 Å². The van der Waals surface area contributed by atoms with Gasteiger partial charge in [-0.1, -0.05) is 178 Å². The van der Waals surface area contributed by atoms with Gasteiger partial charge in [-0.15, -0.1) is 0 Å². The van der Waals surface area contributed by atoms with Crippen LogP contribution in [0, 0.1) is 0 Å². The summed E-state index contributed by atoms with van der Waals surface area (Å²) in [5, 5.41) is 56.7. The zero-order chi connectivity index (χ0) is 43.6. The maximum Gasteiger partial charge on any atom is 0.123 e. The largest absolute Gasteiger partial charge is 0.507 e. The summed E-state index contributed by atoms with van der Waals surface area (Å²) in [6, 6.07) is 28.5. The minimum absolute atomic E-state index is 0.167. The normalized spacial score (nSPS) is 17.6. The number of aliphatic hydroxyl groups excluding tert-OH is 2. The molecule has 0 amide bonds. The summed E-state index contributed by atoms with van der Waals surface area (Å²) < 4.78 is 0. The molecule has 0 saturated heterocycles. The van der Waals surface area contributed by atoms with Gasteiger partial charge in [0.2, 0.25) is 0 Å². The number of hydrogen-bond donors (Lipinski definition) is 4. The van der Waals surface area contributed by atoms with Crippen LogP contribution >= 0.6 is 0 Å². The van der Waals surface area contributed by atoms with E-state index in [2.05, 4.69) is 86.0 Å². The molecule has 7 rings (SSSR count). The molecule has 0 aliphatic heterocycles. The molecule has 1 aliphatic carbocycles. The lowest BCUT2D eigenvalue weighted by atomic mass is 9.60. The Morgan fingerprint density at radius 2 is 0.677 bits per heavy atom. The molecular weight excluding hydrogens is 765 g/mol. The summed E-state index contributed by atoms with van der Waals surface area (Å²) in [5.41, 5.74) is 3.86. The highest BCUT2D eigenvalue weighted by Crippen LogP contribution is 2.58. The first kappa shape index (κ1) is 45.5. The van der Waals surface area contributed by atoms with Crippen molar-refractivity contribution in [2.75, 3.05) is 36.0 Å². The van der Waals surface area contributed by atoms with Crippen LogP contribution in [-0.2, 0) is 0 Å². The summed E-state index contributed by atoms with van der Waals surface area (Å²) >= 11 is 0. The molecule has 0 radical (unpaired) electrons. The van der Waals surface area contributed by atoms with Crippen LogP contribution in [-0.4, -0.2) is 58.8 Å². The van der Waals surface area contributed by atoms with E-state index in [-0.39, 0.29) is 11.5 Å². The van der Waals surface area contributed by atoms with E-state index in [1.54, 1.807) is 12.1 Å². The summed E-state index contributed by atoms with van der Waals surface area (Å²) in [5.74, 6) is -0.990. The standard InChI is InChI=1S/C56H74N2O4/c1-5-9-13-21-35-57(36-22-14-10-6-2)53-41-29-19-17-27-39(41)49(47-43(53)31-25-33-45(47)59)51-55(61)52(56(51)62)50-40-28-18-20-30-42(40)54(44-32-26-34-46(60)48(44)50)58(37-23-15-11-7-3)38-24-16-12-8-4/h17-20,25-34,51-52,55-56,59-62H,5-16,21-24,35-38H2,1-4H3. The average Bonchev–Trinajstić information content (AvgIpc) is 3.28. The molecule has 0 heterocycles. The third-order valence-corrected chi connectivity index (χ3v) is 14.0. The van der Waals surface area contributed by atoms with Crippen molar-refractivity contribution < 1.29 is 20.4 Å². The van der Waals surface area contributed by atoms with Crippen LogP contribution in [0.2, 0.25) is 0 Å². The summed E-state index contributed by atoms with van der Waals surface area (Å²) in [6.45, 7) is 12.8. The summed E-state index contributed by atoms with van der Waals surface area (Å²) in [7, 11) is 0. The number of benzene rings is 6. The maximum absolute atomic E-state index is 12.7. The Balaban J connectivity index is 1.36. The number of aromatic hydroxyl groups is 2. The molecule has 332 valence electrons. The smallest absolute Gasteiger partial charge is 0.123 e. The van der Waals surface area contributed by atoms with Crippen molar-refractivity contribution in [2.45, 2.75) is 154 Å². The van der Waals surface area contributed by atoms with Crippen LogP contribution in [0.1, 0.15) is 153 Å². The predicted octanol–water partition coefficient (Wildman–Crippen LogP) is 14.2. The number of phenolic OH excluding ortho intramolecular Hbond substituents is 2. The zero-order valence-corrected chi connectivity index (χ0v) is 38.2. The molecule has 0 aromatic heterocycles. The van der Waals surface area contributed by atoms with Crippen molar-refractivity contribution in [2.24, 2.45) is 0 Å². The van der Waals surface area contributed by atoms with Gasteiger partial charge >= 0.3 is 0 Å². The number of hydrogen-bond acceptors (Lipinski definition) is 6. The molecule has 0 spiro atoms. The lowest BCUT2D eigenvalue weighted by molar-refractivity contribution is -0.0766. The van der Waals surface area contributed by atoms with Crippen LogP contribution in [0.5, 0.6) is 11.5 Å². The van der Waals surface area contributed by atoms with Crippen molar-refractivity contribution in [3.63, 3.8) is 0 Å². The van der Waals surface area contributed by atoms with Gasteiger partial charge in [-0.25, -0.2) is 0 Å². The fourth-order valence-electron chi connectivity index (χ4n) is 10.8. The summed E-state index contributed by atoms with van der Waals surface area (Å²) in [4.78, 5) is 5.10. The first-order valence-corrected chi connectivity index (χ1v) is 24.6. The lowest BCUT2D eigenvalue weighted by Crippen LogP contribution is -2.52. The Labute approximate surface area is 371 Å². The van der Waals surface area contributed by atoms with E-state index in [0.717, 1.165) is 107 Å². The molecule has 6 aromatic carbocycles. The van der Waals surface area contributed by atoms with E-state index < -0.39 is 24.0 Å².